The van der Waals surface area contributed by atoms with Crippen LogP contribution in [-0.2, 0) is 0 Å². The molecule has 1 rings (SSSR count). The summed E-state index contributed by atoms with van der Waals surface area (Å²) in [6.07, 6.45) is 6.07. The molecular weight excluding hydrogens is 251 g/mol. The molecule has 0 aromatic heterocycles. The number of halogens is 1. The number of rotatable bonds is 2. The summed E-state index contributed by atoms with van der Waals surface area (Å²) in [6, 6.07) is 0. The van der Waals surface area contributed by atoms with Crippen LogP contribution in [0, 0.1) is 0 Å². The van der Waals surface area contributed by atoms with Gasteiger partial charge in [0, 0.05) is 26.0 Å². The Morgan fingerprint density at radius 3 is 2.36 bits per heavy atom. The summed E-state index contributed by atoms with van der Waals surface area (Å²) in [5.41, 5.74) is 0. The molecule has 0 saturated carbocycles. The van der Waals surface area contributed by atoms with Crippen molar-refractivity contribution in [3.05, 3.63) is 12.4 Å². The molecule has 0 amide bonds. The predicted molar refractivity (Wildman–Crippen MR) is 58.8 cm³/mol. The first-order valence-corrected chi connectivity index (χ1v) is 3.91. The molecular formula is C8H17IN2. The Hall–Kier alpha value is 0.0700. The molecule has 0 fully saturated rings. The van der Waals surface area contributed by atoms with Gasteiger partial charge in [0.25, 0.3) is 0 Å². The van der Waals surface area contributed by atoms with Gasteiger partial charge in [0.1, 0.15) is 0 Å². The molecule has 0 aliphatic carbocycles. The lowest BCUT2D eigenvalue weighted by Crippen LogP contribution is -2.33. The molecule has 0 saturated heterocycles. The Labute approximate surface area is 86.3 Å². The minimum atomic E-state index is 0. The molecule has 1 atom stereocenters. The van der Waals surface area contributed by atoms with Gasteiger partial charge < -0.3 is 9.80 Å². The minimum absolute atomic E-state index is 0. The maximum Gasteiger partial charge on any atom is 0.0974 e. The van der Waals surface area contributed by atoms with Crippen LogP contribution < -0.4 is 0 Å². The van der Waals surface area contributed by atoms with Gasteiger partial charge in [0.05, 0.1) is 6.17 Å². The highest BCUT2D eigenvalue weighted by molar-refractivity contribution is 14.0. The zero-order valence-electron chi connectivity index (χ0n) is 7.45. The largest absolute Gasteiger partial charge is 0.359 e. The van der Waals surface area contributed by atoms with E-state index in [4.69, 9.17) is 0 Å². The molecule has 1 aliphatic rings. The molecule has 0 bridgehead atoms. The van der Waals surface area contributed by atoms with Crippen molar-refractivity contribution in [1.82, 2.24) is 9.80 Å². The van der Waals surface area contributed by atoms with E-state index in [-0.39, 0.29) is 24.0 Å². The molecule has 1 unspecified atom stereocenters. The summed E-state index contributed by atoms with van der Waals surface area (Å²) in [5.74, 6) is 0. The van der Waals surface area contributed by atoms with Crippen LogP contribution in [0.15, 0.2) is 12.4 Å². The summed E-state index contributed by atoms with van der Waals surface area (Å²) < 4.78 is 0. The Morgan fingerprint density at radius 1 is 1.36 bits per heavy atom. The number of hydrogen-bond acceptors (Lipinski definition) is 2. The quantitative estimate of drug-likeness (QED) is 0.707. The van der Waals surface area contributed by atoms with Gasteiger partial charge in [0.2, 0.25) is 0 Å². The van der Waals surface area contributed by atoms with Crippen LogP contribution in [0.1, 0.15) is 20.3 Å². The fourth-order valence-corrected chi connectivity index (χ4v) is 1.19. The van der Waals surface area contributed by atoms with Gasteiger partial charge in [-0.25, -0.2) is 0 Å². The van der Waals surface area contributed by atoms with Gasteiger partial charge >= 0.3 is 0 Å². The third-order valence-corrected chi connectivity index (χ3v) is 2.04. The first-order valence-electron chi connectivity index (χ1n) is 3.91. The first kappa shape index (κ1) is 11.1. The highest BCUT2D eigenvalue weighted by Crippen LogP contribution is 2.12. The van der Waals surface area contributed by atoms with Gasteiger partial charge in [-0.05, 0) is 13.3 Å². The monoisotopic (exact) mass is 268 g/mol. The molecule has 1 aliphatic heterocycles. The van der Waals surface area contributed by atoms with Crippen molar-refractivity contribution in [2.45, 2.75) is 26.4 Å². The minimum Gasteiger partial charge on any atom is -0.359 e. The van der Waals surface area contributed by atoms with E-state index in [1.54, 1.807) is 0 Å². The summed E-state index contributed by atoms with van der Waals surface area (Å²) >= 11 is 0. The molecule has 3 heteroatoms. The van der Waals surface area contributed by atoms with Crippen LogP contribution in [0.25, 0.3) is 0 Å². The third-order valence-electron chi connectivity index (χ3n) is 2.04. The van der Waals surface area contributed by atoms with E-state index in [0.717, 1.165) is 0 Å². The zero-order valence-corrected chi connectivity index (χ0v) is 9.78. The Morgan fingerprint density at radius 2 is 2.00 bits per heavy atom. The highest BCUT2D eigenvalue weighted by Gasteiger charge is 2.16. The van der Waals surface area contributed by atoms with Gasteiger partial charge in [0.15, 0.2) is 0 Å². The van der Waals surface area contributed by atoms with Crippen molar-refractivity contribution in [1.29, 1.82) is 0 Å². The van der Waals surface area contributed by atoms with E-state index < -0.39 is 0 Å². The lowest BCUT2D eigenvalue weighted by Gasteiger charge is -2.26. The zero-order chi connectivity index (χ0) is 7.56. The van der Waals surface area contributed by atoms with Crippen molar-refractivity contribution in [3.63, 3.8) is 0 Å². The maximum atomic E-state index is 2.35. The Bertz CT molecular complexity index is 136. The predicted octanol–water partition coefficient (Wildman–Crippen LogP) is 2.08. The molecule has 11 heavy (non-hydrogen) atoms. The van der Waals surface area contributed by atoms with E-state index in [1.165, 1.54) is 13.0 Å². The maximum absolute atomic E-state index is 2.35. The average molecular weight is 268 g/mol. The van der Waals surface area contributed by atoms with E-state index in [2.05, 4.69) is 43.1 Å². The summed E-state index contributed by atoms with van der Waals surface area (Å²) in [5, 5.41) is 0. The van der Waals surface area contributed by atoms with Crippen molar-refractivity contribution in [2.75, 3.05) is 13.6 Å². The molecule has 0 aromatic rings. The van der Waals surface area contributed by atoms with Crippen LogP contribution in [0.3, 0.4) is 0 Å². The van der Waals surface area contributed by atoms with Crippen LogP contribution in [0.5, 0.6) is 0 Å². The molecule has 66 valence electrons. The molecule has 0 radical (unpaired) electrons. The van der Waals surface area contributed by atoms with Crippen molar-refractivity contribution >= 4 is 24.0 Å². The molecule has 1 heterocycles. The Kier molecular flexibility index (Phi) is 4.88. The molecule has 0 spiro atoms. The number of nitrogens with zero attached hydrogens (tertiary/aromatic N) is 2. The lowest BCUT2D eigenvalue weighted by molar-refractivity contribution is 0.195. The SMILES string of the molecule is CCCN1C=CN(C)C1C.I. The second kappa shape index (κ2) is 4.85. The summed E-state index contributed by atoms with van der Waals surface area (Å²) in [7, 11) is 2.11. The topological polar surface area (TPSA) is 6.48 Å². The third kappa shape index (κ3) is 2.54. The second-order valence-electron chi connectivity index (χ2n) is 2.83. The van der Waals surface area contributed by atoms with E-state index in [1.807, 2.05) is 0 Å². The van der Waals surface area contributed by atoms with Crippen LogP contribution in [0.2, 0.25) is 0 Å². The molecule has 2 nitrogen and oxygen atoms in total. The van der Waals surface area contributed by atoms with Gasteiger partial charge in [-0.3, -0.25) is 0 Å². The molecule has 0 N–H and O–H groups in total. The fourth-order valence-electron chi connectivity index (χ4n) is 1.19. The summed E-state index contributed by atoms with van der Waals surface area (Å²) in [6.45, 7) is 5.59. The standard InChI is InChI=1S/C8H16N2.HI/c1-4-5-10-7-6-9(3)8(10)2;/h6-8H,4-5H2,1-3H3;1H. The molecule has 0 aromatic carbocycles. The van der Waals surface area contributed by atoms with Crippen LogP contribution in [0.4, 0.5) is 0 Å². The van der Waals surface area contributed by atoms with Crippen LogP contribution >= 0.6 is 24.0 Å². The van der Waals surface area contributed by atoms with Crippen LogP contribution in [-0.4, -0.2) is 29.6 Å². The van der Waals surface area contributed by atoms with Crippen molar-refractivity contribution in [3.8, 4) is 0 Å². The van der Waals surface area contributed by atoms with Crippen molar-refractivity contribution in [2.24, 2.45) is 0 Å². The van der Waals surface area contributed by atoms with E-state index in [9.17, 15) is 0 Å². The van der Waals surface area contributed by atoms with E-state index >= 15 is 0 Å². The second-order valence-corrected chi connectivity index (χ2v) is 2.83. The highest BCUT2D eigenvalue weighted by atomic mass is 127. The van der Waals surface area contributed by atoms with Gasteiger partial charge in [-0.1, -0.05) is 6.92 Å². The number of hydrogen-bond donors (Lipinski definition) is 0. The smallest absolute Gasteiger partial charge is 0.0974 e. The average Bonchev–Trinajstić information content (AvgIpc) is 2.20. The van der Waals surface area contributed by atoms with Gasteiger partial charge in [-0.2, -0.15) is 0 Å². The normalized spacial score (nSPS) is 22.3. The Balaban J connectivity index is 0.000001000. The summed E-state index contributed by atoms with van der Waals surface area (Å²) in [4.78, 5) is 4.57. The van der Waals surface area contributed by atoms with E-state index in [0.29, 0.717) is 6.17 Å². The lowest BCUT2D eigenvalue weighted by atomic mass is 10.4. The fraction of sp³-hybridized carbons (Fsp3) is 0.750. The first-order chi connectivity index (χ1) is 4.75. The van der Waals surface area contributed by atoms with Crippen molar-refractivity contribution < 1.29 is 0 Å². The van der Waals surface area contributed by atoms with Gasteiger partial charge in [-0.15, -0.1) is 24.0 Å².